The molecule has 2 atom stereocenters. The Balaban J connectivity index is 2.00. The monoisotopic (exact) mass is 262 g/mol. The fraction of sp³-hybridized carbons (Fsp3) is 0.733. The third-order valence-electron chi connectivity index (χ3n) is 3.95. The molecule has 106 valence electrons. The Bertz CT molecular complexity index is 405. The van der Waals surface area contributed by atoms with E-state index < -0.39 is 0 Å². The van der Waals surface area contributed by atoms with Crippen molar-refractivity contribution in [1.82, 2.24) is 9.97 Å². The molecular weight excluding hydrogens is 236 g/mol. The van der Waals surface area contributed by atoms with Crippen molar-refractivity contribution in [1.29, 1.82) is 0 Å². The van der Waals surface area contributed by atoms with Crippen LogP contribution in [0.4, 0.5) is 5.95 Å². The maximum absolute atomic E-state index is 5.78. The SMILES string of the molecule is CC(N)Cc1cnc(N2CCC(C(C)(C)C)C2)nc1. The summed E-state index contributed by atoms with van der Waals surface area (Å²) in [6.45, 7) is 11.1. The molecule has 1 aliphatic heterocycles. The van der Waals surface area contributed by atoms with E-state index in [0.29, 0.717) is 5.41 Å². The third-order valence-corrected chi connectivity index (χ3v) is 3.95. The fourth-order valence-electron chi connectivity index (χ4n) is 2.64. The molecule has 2 rings (SSSR count). The minimum atomic E-state index is 0.159. The van der Waals surface area contributed by atoms with E-state index in [4.69, 9.17) is 5.73 Å². The quantitative estimate of drug-likeness (QED) is 0.907. The summed E-state index contributed by atoms with van der Waals surface area (Å²) in [4.78, 5) is 11.3. The van der Waals surface area contributed by atoms with Gasteiger partial charge in [0, 0.05) is 31.5 Å². The molecule has 1 aromatic rings. The van der Waals surface area contributed by atoms with Gasteiger partial charge in [0.1, 0.15) is 0 Å². The first-order valence-corrected chi connectivity index (χ1v) is 7.17. The molecule has 4 heteroatoms. The fourth-order valence-corrected chi connectivity index (χ4v) is 2.64. The van der Waals surface area contributed by atoms with Crippen molar-refractivity contribution in [2.24, 2.45) is 17.1 Å². The smallest absolute Gasteiger partial charge is 0.225 e. The van der Waals surface area contributed by atoms with Crippen molar-refractivity contribution in [2.75, 3.05) is 18.0 Å². The Hall–Kier alpha value is -1.16. The van der Waals surface area contributed by atoms with Gasteiger partial charge in [0.15, 0.2) is 0 Å². The van der Waals surface area contributed by atoms with Gasteiger partial charge in [-0.25, -0.2) is 9.97 Å². The summed E-state index contributed by atoms with van der Waals surface area (Å²) in [5.74, 6) is 1.58. The highest BCUT2D eigenvalue weighted by atomic mass is 15.3. The van der Waals surface area contributed by atoms with Gasteiger partial charge in [-0.15, -0.1) is 0 Å². The van der Waals surface area contributed by atoms with E-state index in [1.165, 1.54) is 6.42 Å². The van der Waals surface area contributed by atoms with Gasteiger partial charge < -0.3 is 10.6 Å². The number of nitrogens with zero attached hydrogens (tertiary/aromatic N) is 3. The number of aromatic nitrogens is 2. The van der Waals surface area contributed by atoms with Gasteiger partial charge in [-0.2, -0.15) is 0 Å². The molecule has 2 N–H and O–H groups in total. The average molecular weight is 262 g/mol. The number of anilines is 1. The summed E-state index contributed by atoms with van der Waals surface area (Å²) in [7, 11) is 0. The Kier molecular flexibility index (Phi) is 4.09. The number of nitrogens with two attached hydrogens (primary N) is 1. The van der Waals surface area contributed by atoms with E-state index >= 15 is 0 Å². The second-order valence-electron chi connectivity index (χ2n) is 6.87. The standard InChI is InChI=1S/C15H26N4/c1-11(16)7-12-8-17-14(18-9-12)19-6-5-13(10-19)15(2,3)4/h8-9,11,13H,5-7,10,16H2,1-4H3. The third kappa shape index (κ3) is 3.66. The van der Waals surface area contributed by atoms with Crippen molar-refractivity contribution < 1.29 is 0 Å². The van der Waals surface area contributed by atoms with E-state index in [2.05, 4.69) is 35.6 Å². The molecule has 0 aromatic carbocycles. The molecule has 19 heavy (non-hydrogen) atoms. The minimum Gasteiger partial charge on any atom is -0.341 e. The van der Waals surface area contributed by atoms with Crippen LogP contribution in [0.1, 0.15) is 39.7 Å². The lowest BCUT2D eigenvalue weighted by molar-refractivity contribution is 0.263. The molecule has 0 amide bonds. The summed E-state index contributed by atoms with van der Waals surface area (Å²) in [5.41, 5.74) is 7.27. The first kappa shape index (κ1) is 14.3. The first-order chi connectivity index (χ1) is 8.86. The van der Waals surface area contributed by atoms with Gasteiger partial charge in [-0.05, 0) is 36.7 Å². The molecule has 0 saturated carbocycles. The van der Waals surface area contributed by atoms with Crippen LogP contribution in [-0.2, 0) is 6.42 Å². The van der Waals surface area contributed by atoms with E-state index in [1.54, 1.807) is 0 Å². The van der Waals surface area contributed by atoms with E-state index in [1.807, 2.05) is 19.3 Å². The van der Waals surface area contributed by atoms with Crippen LogP contribution in [0.3, 0.4) is 0 Å². The highest BCUT2D eigenvalue weighted by Crippen LogP contribution is 2.34. The maximum atomic E-state index is 5.78. The van der Waals surface area contributed by atoms with E-state index in [9.17, 15) is 0 Å². The summed E-state index contributed by atoms with van der Waals surface area (Å²) < 4.78 is 0. The van der Waals surface area contributed by atoms with Crippen LogP contribution in [0.5, 0.6) is 0 Å². The van der Waals surface area contributed by atoms with E-state index in [-0.39, 0.29) is 6.04 Å². The molecule has 2 heterocycles. The Labute approximate surface area is 116 Å². The normalized spacial score (nSPS) is 21.7. The van der Waals surface area contributed by atoms with Crippen molar-refractivity contribution >= 4 is 5.95 Å². The van der Waals surface area contributed by atoms with E-state index in [0.717, 1.165) is 36.9 Å². The van der Waals surface area contributed by atoms with Crippen molar-refractivity contribution in [2.45, 2.75) is 46.6 Å². The Morgan fingerprint density at radius 1 is 1.37 bits per heavy atom. The van der Waals surface area contributed by atoms with Crippen LogP contribution in [0.25, 0.3) is 0 Å². The lowest BCUT2D eigenvalue weighted by Crippen LogP contribution is -2.27. The van der Waals surface area contributed by atoms with Gasteiger partial charge in [0.2, 0.25) is 5.95 Å². The number of hydrogen-bond donors (Lipinski definition) is 1. The van der Waals surface area contributed by atoms with Crippen LogP contribution in [0, 0.1) is 11.3 Å². The number of rotatable bonds is 3. The molecule has 0 bridgehead atoms. The van der Waals surface area contributed by atoms with Crippen LogP contribution in [0.2, 0.25) is 0 Å². The summed E-state index contributed by atoms with van der Waals surface area (Å²) in [6, 6.07) is 0.159. The largest absolute Gasteiger partial charge is 0.341 e. The highest BCUT2D eigenvalue weighted by molar-refractivity contribution is 5.32. The summed E-state index contributed by atoms with van der Waals surface area (Å²) >= 11 is 0. The predicted molar refractivity (Wildman–Crippen MR) is 79.2 cm³/mol. The van der Waals surface area contributed by atoms with Crippen LogP contribution in [0.15, 0.2) is 12.4 Å². The number of hydrogen-bond acceptors (Lipinski definition) is 4. The Morgan fingerprint density at radius 2 is 2.00 bits per heavy atom. The van der Waals surface area contributed by atoms with Crippen molar-refractivity contribution in [3.05, 3.63) is 18.0 Å². The zero-order valence-electron chi connectivity index (χ0n) is 12.6. The zero-order chi connectivity index (χ0) is 14.0. The van der Waals surface area contributed by atoms with Gasteiger partial charge in [0.25, 0.3) is 0 Å². The van der Waals surface area contributed by atoms with Gasteiger partial charge in [0.05, 0.1) is 0 Å². The Morgan fingerprint density at radius 3 is 2.47 bits per heavy atom. The summed E-state index contributed by atoms with van der Waals surface area (Å²) in [5, 5.41) is 0. The highest BCUT2D eigenvalue weighted by Gasteiger charge is 2.32. The topological polar surface area (TPSA) is 55.0 Å². The molecule has 1 aromatic heterocycles. The average Bonchev–Trinajstić information content (AvgIpc) is 2.78. The van der Waals surface area contributed by atoms with Crippen LogP contribution >= 0.6 is 0 Å². The second-order valence-corrected chi connectivity index (χ2v) is 6.87. The lowest BCUT2D eigenvalue weighted by Gasteiger charge is -2.26. The molecule has 0 aliphatic carbocycles. The molecule has 2 unspecified atom stereocenters. The zero-order valence-corrected chi connectivity index (χ0v) is 12.6. The lowest BCUT2D eigenvalue weighted by atomic mass is 9.80. The second kappa shape index (κ2) is 5.45. The summed E-state index contributed by atoms with van der Waals surface area (Å²) in [6.07, 6.45) is 5.89. The van der Waals surface area contributed by atoms with Crippen LogP contribution < -0.4 is 10.6 Å². The van der Waals surface area contributed by atoms with Crippen molar-refractivity contribution in [3.63, 3.8) is 0 Å². The molecule has 1 fully saturated rings. The molecule has 0 spiro atoms. The maximum Gasteiger partial charge on any atom is 0.225 e. The van der Waals surface area contributed by atoms with Gasteiger partial charge >= 0.3 is 0 Å². The van der Waals surface area contributed by atoms with Crippen LogP contribution in [-0.4, -0.2) is 29.1 Å². The van der Waals surface area contributed by atoms with Gasteiger partial charge in [-0.3, -0.25) is 0 Å². The predicted octanol–water partition coefficient (Wildman–Crippen LogP) is 2.24. The molecule has 0 radical (unpaired) electrons. The first-order valence-electron chi connectivity index (χ1n) is 7.17. The minimum absolute atomic E-state index is 0.159. The molecular formula is C15H26N4. The van der Waals surface area contributed by atoms with Gasteiger partial charge in [-0.1, -0.05) is 20.8 Å². The van der Waals surface area contributed by atoms with Crippen molar-refractivity contribution in [3.8, 4) is 0 Å². The molecule has 1 aliphatic rings. The molecule has 4 nitrogen and oxygen atoms in total. The molecule has 1 saturated heterocycles.